The Morgan fingerprint density at radius 2 is 1.33 bits per heavy atom. The average molecular weight is 305 g/mol. The Morgan fingerprint density at radius 3 is 1.42 bits per heavy atom. The molecular weight excluding hydrogens is 297 g/mol. The third-order valence-electron chi connectivity index (χ3n) is 0.566. The van der Waals surface area contributed by atoms with Crippen LogP contribution in [0.25, 0.3) is 0 Å². The summed E-state index contributed by atoms with van der Waals surface area (Å²) in [6.45, 7) is 0. The number of nitrogens with zero attached hydrogens (tertiary/aromatic N) is 1. The van der Waals surface area contributed by atoms with Gasteiger partial charge in [0, 0.05) is 12.4 Å². The molecule has 0 fully saturated rings. The molecule has 0 aliphatic heterocycles. The van der Waals surface area contributed by atoms with Crippen molar-refractivity contribution in [3.05, 3.63) is 30.6 Å². The molecule has 0 aliphatic rings. The Kier molecular flexibility index (Phi) is 8.81. The maximum absolute atomic E-state index is 8.74. The van der Waals surface area contributed by atoms with Gasteiger partial charge in [-0.25, -0.2) is 0 Å². The zero-order valence-electron chi connectivity index (χ0n) is 5.86. The first-order valence-corrected chi connectivity index (χ1v) is 3.95. The van der Waals surface area contributed by atoms with E-state index in [2.05, 4.69) is 4.98 Å². The summed E-state index contributed by atoms with van der Waals surface area (Å²) in [6.07, 6.45) is 3.50. The Bertz CT molecular complexity index is 240. The van der Waals surface area contributed by atoms with Crippen molar-refractivity contribution in [2.75, 3.05) is 0 Å². The van der Waals surface area contributed by atoms with Crippen LogP contribution in [0.1, 0.15) is 0 Å². The quantitative estimate of drug-likeness (QED) is 0.552. The molecule has 0 saturated heterocycles. The van der Waals surface area contributed by atoms with Crippen LogP contribution < -0.4 is 0 Å². The minimum absolute atomic E-state index is 0. The molecule has 0 saturated carbocycles. The van der Waals surface area contributed by atoms with E-state index in [1.54, 1.807) is 12.4 Å². The molecule has 1 heterocycles. The van der Waals surface area contributed by atoms with E-state index < -0.39 is 10.4 Å². The molecule has 0 amide bonds. The molecule has 1 rings (SSSR count). The molecule has 1 aromatic rings. The van der Waals surface area contributed by atoms with Crippen LogP contribution in [0.5, 0.6) is 0 Å². The molecule has 7 heteroatoms. The highest BCUT2D eigenvalue weighted by Crippen LogP contribution is 1.73. The summed E-state index contributed by atoms with van der Waals surface area (Å²) >= 11 is 0. The van der Waals surface area contributed by atoms with Gasteiger partial charge in [-0.3, -0.25) is 14.1 Å². The second-order valence-electron chi connectivity index (χ2n) is 1.47. The maximum atomic E-state index is 8.74. The lowest BCUT2D eigenvalue weighted by atomic mass is 10.5. The number of halogens is 1. The molecule has 12 heavy (non-hydrogen) atoms. The van der Waals surface area contributed by atoms with Gasteiger partial charge in [-0.2, -0.15) is 8.42 Å². The van der Waals surface area contributed by atoms with Crippen molar-refractivity contribution in [3.63, 3.8) is 0 Å². The fraction of sp³-hybridized carbons (Fsp3) is 0. The molecule has 5 nitrogen and oxygen atoms in total. The molecule has 70 valence electrons. The minimum atomic E-state index is -4.67. The van der Waals surface area contributed by atoms with Crippen molar-refractivity contribution < 1.29 is 17.5 Å². The highest BCUT2D eigenvalue weighted by molar-refractivity contribution is 14.0. The topological polar surface area (TPSA) is 87.5 Å². The standard InChI is InChI=1S/C5H5N.HI.H2O4S/c1-2-4-6-5-3-1;;1-5(2,3)4/h1-5H;1H;(H2,1,2,3,4). The van der Waals surface area contributed by atoms with Crippen LogP contribution in [-0.4, -0.2) is 22.5 Å². The van der Waals surface area contributed by atoms with Crippen LogP contribution in [0.4, 0.5) is 0 Å². The van der Waals surface area contributed by atoms with Crippen LogP contribution in [-0.2, 0) is 10.4 Å². The summed E-state index contributed by atoms with van der Waals surface area (Å²) in [5.74, 6) is 0. The number of hydrogen-bond donors (Lipinski definition) is 2. The predicted octanol–water partition coefficient (Wildman–Crippen LogP) is 1.05. The van der Waals surface area contributed by atoms with Gasteiger partial charge in [0.2, 0.25) is 0 Å². The number of rotatable bonds is 0. The highest BCUT2D eigenvalue weighted by atomic mass is 127. The lowest BCUT2D eigenvalue weighted by Gasteiger charge is -1.70. The molecule has 0 atom stereocenters. The van der Waals surface area contributed by atoms with E-state index in [1.807, 2.05) is 18.2 Å². The van der Waals surface area contributed by atoms with E-state index in [4.69, 9.17) is 17.5 Å². The maximum Gasteiger partial charge on any atom is 0.394 e. The predicted molar refractivity (Wildman–Crippen MR) is 53.8 cm³/mol. The van der Waals surface area contributed by atoms with Crippen LogP contribution >= 0.6 is 24.0 Å². The van der Waals surface area contributed by atoms with E-state index in [9.17, 15) is 0 Å². The van der Waals surface area contributed by atoms with Crippen LogP contribution in [0.15, 0.2) is 30.6 Å². The Hall–Kier alpha value is -0.250. The first kappa shape index (κ1) is 14.3. The summed E-state index contributed by atoms with van der Waals surface area (Å²) in [7, 11) is -4.67. The van der Waals surface area contributed by atoms with Crippen molar-refractivity contribution in [2.24, 2.45) is 0 Å². The third kappa shape index (κ3) is 22.6. The van der Waals surface area contributed by atoms with Gasteiger partial charge in [-0.05, 0) is 12.1 Å². The number of aromatic nitrogens is 1. The fourth-order valence-electron chi connectivity index (χ4n) is 0.313. The largest absolute Gasteiger partial charge is 0.394 e. The van der Waals surface area contributed by atoms with Gasteiger partial charge in [0.25, 0.3) is 0 Å². The van der Waals surface area contributed by atoms with Gasteiger partial charge in [0.15, 0.2) is 0 Å². The van der Waals surface area contributed by atoms with E-state index in [0.717, 1.165) is 0 Å². The van der Waals surface area contributed by atoms with Crippen molar-refractivity contribution in [1.29, 1.82) is 0 Å². The molecule has 1 aromatic heterocycles. The molecule has 0 spiro atoms. The second-order valence-corrected chi connectivity index (χ2v) is 2.37. The SMILES string of the molecule is I.O=S(=O)(O)O.c1ccncc1. The van der Waals surface area contributed by atoms with E-state index >= 15 is 0 Å². The number of pyridine rings is 1. The summed E-state index contributed by atoms with van der Waals surface area (Å²) in [5, 5.41) is 0. The molecule has 2 N–H and O–H groups in total. The van der Waals surface area contributed by atoms with Crippen molar-refractivity contribution >= 4 is 34.4 Å². The third-order valence-corrected chi connectivity index (χ3v) is 0.566. The second kappa shape index (κ2) is 7.40. The van der Waals surface area contributed by atoms with Gasteiger partial charge in [-0.15, -0.1) is 24.0 Å². The van der Waals surface area contributed by atoms with Gasteiger partial charge in [0.05, 0.1) is 0 Å². The normalized spacial score (nSPS) is 8.83. The fourth-order valence-corrected chi connectivity index (χ4v) is 0.313. The monoisotopic (exact) mass is 305 g/mol. The van der Waals surface area contributed by atoms with E-state index in [1.165, 1.54) is 0 Å². The zero-order chi connectivity index (χ0) is 8.74. The smallest absolute Gasteiger partial charge is 0.265 e. The lowest BCUT2D eigenvalue weighted by molar-refractivity contribution is 0.381. The van der Waals surface area contributed by atoms with Gasteiger partial charge in [-0.1, -0.05) is 6.07 Å². The summed E-state index contributed by atoms with van der Waals surface area (Å²) in [5.41, 5.74) is 0. The molecule has 0 radical (unpaired) electrons. The van der Waals surface area contributed by atoms with Crippen LogP contribution in [0.2, 0.25) is 0 Å². The Labute approximate surface area is 87.4 Å². The van der Waals surface area contributed by atoms with Crippen molar-refractivity contribution in [2.45, 2.75) is 0 Å². The molecule has 0 aliphatic carbocycles. The van der Waals surface area contributed by atoms with Gasteiger partial charge < -0.3 is 0 Å². The van der Waals surface area contributed by atoms with E-state index in [0.29, 0.717) is 0 Å². The average Bonchev–Trinajstić information content (AvgIpc) is 1.88. The highest BCUT2D eigenvalue weighted by Gasteiger charge is 1.84. The molecular formula is C5H8INO4S. The van der Waals surface area contributed by atoms with Crippen LogP contribution in [0, 0.1) is 0 Å². The molecule has 0 unspecified atom stereocenters. The summed E-state index contributed by atoms with van der Waals surface area (Å²) in [4.78, 5) is 3.78. The molecule has 0 bridgehead atoms. The van der Waals surface area contributed by atoms with Crippen molar-refractivity contribution in [1.82, 2.24) is 4.98 Å². The van der Waals surface area contributed by atoms with Crippen molar-refractivity contribution in [3.8, 4) is 0 Å². The number of hydrogen-bond acceptors (Lipinski definition) is 3. The summed E-state index contributed by atoms with van der Waals surface area (Å²) in [6, 6.07) is 5.72. The first-order chi connectivity index (χ1) is 5.00. The lowest BCUT2D eigenvalue weighted by Crippen LogP contribution is -1.89. The van der Waals surface area contributed by atoms with Gasteiger partial charge >= 0.3 is 10.4 Å². The first-order valence-electron chi connectivity index (χ1n) is 2.55. The molecule has 0 aromatic carbocycles. The zero-order valence-corrected chi connectivity index (χ0v) is 9.01. The Morgan fingerprint density at radius 1 is 1.00 bits per heavy atom. The minimum Gasteiger partial charge on any atom is -0.265 e. The van der Waals surface area contributed by atoms with Crippen LogP contribution in [0.3, 0.4) is 0 Å². The Balaban J connectivity index is 0. The summed E-state index contributed by atoms with van der Waals surface area (Å²) < 4.78 is 31.6. The van der Waals surface area contributed by atoms with E-state index in [-0.39, 0.29) is 24.0 Å². The van der Waals surface area contributed by atoms with Gasteiger partial charge in [0.1, 0.15) is 0 Å².